The Balaban J connectivity index is 1.95. The lowest BCUT2D eigenvalue weighted by Crippen LogP contribution is -2.34. The van der Waals surface area contributed by atoms with Gasteiger partial charge in [-0.3, -0.25) is 4.98 Å². The van der Waals surface area contributed by atoms with Gasteiger partial charge < -0.3 is 5.32 Å². The molecule has 0 fully saturated rings. The van der Waals surface area contributed by atoms with Crippen LogP contribution in [0.25, 0.3) is 11.0 Å². The van der Waals surface area contributed by atoms with E-state index < -0.39 is 0 Å². The topological polar surface area (TPSA) is 37.8 Å². The van der Waals surface area contributed by atoms with Gasteiger partial charge in [0, 0.05) is 5.88 Å². The molecule has 1 heterocycles. The predicted octanol–water partition coefficient (Wildman–Crippen LogP) is 4.20. The normalized spacial score (nSPS) is 13.8. The van der Waals surface area contributed by atoms with E-state index in [1.807, 2.05) is 42.5 Å². The molecule has 3 rings (SSSR count). The molecule has 0 aliphatic rings. The number of aromatic nitrogens is 2. The Hall–Kier alpha value is -2.13. The van der Waals surface area contributed by atoms with E-state index in [0.717, 1.165) is 22.4 Å². The summed E-state index contributed by atoms with van der Waals surface area (Å²) in [6, 6.07) is 17.9. The summed E-state index contributed by atoms with van der Waals surface area (Å²) in [4.78, 5) is 9.03. The lowest BCUT2D eigenvalue weighted by molar-refractivity contribution is 0.613. The zero-order valence-corrected chi connectivity index (χ0v) is 12.5. The van der Waals surface area contributed by atoms with E-state index in [9.17, 15) is 0 Å². The fourth-order valence-electron chi connectivity index (χ4n) is 2.29. The molecule has 0 saturated heterocycles. The van der Waals surface area contributed by atoms with Gasteiger partial charge in [0.15, 0.2) is 0 Å². The Bertz CT molecular complexity index is 745. The highest BCUT2D eigenvalue weighted by molar-refractivity contribution is 6.18. The summed E-state index contributed by atoms with van der Waals surface area (Å²) in [7, 11) is 0. The number of fused-ring (bicyclic) bond motifs is 1. The van der Waals surface area contributed by atoms with Crippen LogP contribution in [0.4, 0.5) is 5.82 Å². The Kier molecular flexibility index (Phi) is 3.76. The number of anilines is 1. The number of alkyl halides is 1. The van der Waals surface area contributed by atoms with Crippen LogP contribution in [-0.2, 0) is 5.54 Å². The van der Waals surface area contributed by atoms with Crippen LogP contribution < -0.4 is 5.32 Å². The number of benzene rings is 2. The second-order valence-corrected chi connectivity index (χ2v) is 5.47. The molecular formula is C17H16ClN3. The maximum atomic E-state index is 6.20. The van der Waals surface area contributed by atoms with Crippen LogP contribution in [-0.4, -0.2) is 15.8 Å². The van der Waals surface area contributed by atoms with Gasteiger partial charge in [-0.2, -0.15) is 0 Å². The third-order valence-electron chi connectivity index (χ3n) is 3.53. The minimum Gasteiger partial charge on any atom is -0.358 e. The fraction of sp³-hybridized carbons (Fsp3) is 0.176. The third-order valence-corrected chi connectivity index (χ3v) is 4.07. The van der Waals surface area contributed by atoms with Gasteiger partial charge in [0.1, 0.15) is 5.82 Å². The first-order valence-corrected chi connectivity index (χ1v) is 7.36. The molecule has 0 saturated carbocycles. The smallest absolute Gasteiger partial charge is 0.145 e. The van der Waals surface area contributed by atoms with Crippen molar-refractivity contribution in [1.82, 2.24) is 9.97 Å². The van der Waals surface area contributed by atoms with Gasteiger partial charge in [-0.1, -0.05) is 42.5 Å². The van der Waals surface area contributed by atoms with E-state index in [2.05, 4.69) is 34.3 Å². The molecule has 3 aromatic rings. The first-order chi connectivity index (χ1) is 10.2. The highest BCUT2D eigenvalue weighted by Crippen LogP contribution is 2.27. The van der Waals surface area contributed by atoms with Crippen molar-refractivity contribution in [3.05, 3.63) is 66.4 Å². The molecule has 2 aromatic carbocycles. The summed E-state index contributed by atoms with van der Waals surface area (Å²) < 4.78 is 0. The van der Waals surface area contributed by atoms with Crippen LogP contribution in [0.5, 0.6) is 0 Å². The Morgan fingerprint density at radius 3 is 2.38 bits per heavy atom. The summed E-state index contributed by atoms with van der Waals surface area (Å²) >= 11 is 6.20. The average molecular weight is 298 g/mol. The van der Waals surface area contributed by atoms with Crippen LogP contribution in [0.1, 0.15) is 12.5 Å². The molecule has 3 nitrogen and oxygen atoms in total. The number of hydrogen-bond acceptors (Lipinski definition) is 3. The number of rotatable bonds is 4. The van der Waals surface area contributed by atoms with Gasteiger partial charge >= 0.3 is 0 Å². The van der Waals surface area contributed by atoms with Gasteiger partial charge in [0.25, 0.3) is 0 Å². The van der Waals surface area contributed by atoms with E-state index in [-0.39, 0.29) is 5.54 Å². The summed E-state index contributed by atoms with van der Waals surface area (Å²) in [5.41, 5.74) is 2.48. The van der Waals surface area contributed by atoms with E-state index in [0.29, 0.717) is 5.88 Å². The molecule has 1 N–H and O–H groups in total. The zero-order chi connectivity index (χ0) is 14.7. The van der Waals surface area contributed by atoms with Gasteiger partial charge in [0.2, 0.25) is 0 Å². The minimum atomic E-state index is -0.389. The predicted molar refractivity (Wildman–Crippen MR) is 87.7 cm³/mol. The van der Waals surface area contributed by atoms with Crippen molar-refractivity contribution in [3.63, 3.8) is 0 Å². The second-order valence-electron chi connectivity index (χ2n) is 5.20. The first kappa shape index (κ1) is 13.8. The van der Waals surface area contributed by atoms with Gasteiger partial charge in [-0.25, -0.2) is 4.98 Å². The van der Waals surface area contributed by atoms with Crippen molar-refractivity contribution in [2.45, 2.75) is 12.5 Å². The molecule has 0 amide bonds. The quantitative estimate of drug-likeness (QED) is 0.734. The summed E-state index contributed by atoms with van der Waals surface area (Å²) in [5.74, 6) is 1.16. The number of para-hydroxylation sites is 2. The van der Waals surface area contributed by atoms with Crippen molar-refractivity contribution >= 4 is 28.5 Å². The summed E-state index contributed by atoms with van der Waals surface area (Å²) in [6.07, 6.45) is 1.75. The second kappa shape index (κ2) is 5.70. The van der Waals surface area contributed by atoms with Gasteiger partial charge in [0.05, 0.1) is 22.8 Å². The molecule has 0 radical (unpaired) electrons. The summed E-state index contributed by atoms with van der Waals surface area (Å²) in [6.45, 7) is 2.06. The van der Waals surface area contributed by atoms with Gasteiger partial charge in [-0.15, -0.1) is 11.6 Å². The SMILES string of the molecule is CC(CCl)(Nc1cnc2ccccc2n1)c1ccccc1. The van der Waals surface area contributed by atoms with Gasteiger partial charge in [-0.05, 0) is 24.6 Å². The van der Waals surface area contributed by atoms with Crippen molar-refractivity contribution < 1.29 is 0 Å². The molecule has 0 bridgehead atoms. The number of hydrogen-bond donors (Lipinski definition) is 1. The lowest BCUT2D eigenvalue weighted by Gasteiger charge is -2.29. The molecule has 1 atom stereocenters. The molecule has 4 heteroatoms. The fourth-order valence-corrected chi connectivity index (χ4v) is 2.51. The Morgan fingerprint density at radius 1 is 1.00 bits per heavy atom. The van der Waals surface area contributed by atoms with Crippen molar-refractivity contribution in [2.24, 2.45) is 0 Å². The number of nitrogens with one attached hydrogen (secondary N) is 1. The van der Waals surface area contributed by atoms with Crippen molar-refractivity contribution in [3.8, 4) is 0 Å². The van der Waals surface area contributed by atoms with E-state index in [1.165, 1.54) is 0 Å². The molecule has 0 aliphatic carbocycles. The average Bonchev–Trinajstić information content (AvgIpc) is 2.55. The number of halogens is 1. The minimum absolute atomic E-state index is 0.389. The van der Waals surface area contributed by atoms with Crippen LogP contribution >= 0.6 is 11.6 Å². The molecule has 0 aliphatic heterocycles. The van der Waals surface area contributed by atoms with Crippen LogP contribution in [0.2, 0.25) is 0 Å². The zero-order valence-electron chi connectivity index (χ0n) is 11.8. The molecule has 1 aromatic heterocycles. The van der Waals surface area contributed by atoms with E-state index in [1.54, 1.807) is 6.20 Å². The molecule has 0 spiro atoms. The van der Waals surface area contributed by atoms with Crippen LogP contribution in [0.15, 0.2) is 60.8 Å². The number of nitrogens with zero attached hydrogens (tertiary/aromatic N) is 2. The standard InChI is InChI=1S/C17H16ClN3/c1-17(12-18,13-7-3-2-4-8-13)21-16-11-19-14-9-5-6-10-15(14)20-16/h2-11H,12H2,1H3,(H,20,21). The largest absolute Gasteiger partial charge is 0.358 e. The van der Waals surface area contributed by atoms with Crippen LogP contribution in [0.3, 0.4) is 0 Å². The third kappa shape index (κ3) is 2.83. The monoisotopic (exact) mass is 297 g/mol. The van der Waals surface area contributed by atoms with Crippen molar-refractivity contribution in [1.29, 1.82) is 0 Å². The van der Waals surface area contributed by atoms with E-state index in [4.69, 9.17) is 11.6 Å². The molecule has 1 unspecified atom stereocenters. The van der Waals surface area contributed by atoms with Crippen molar-refractivity contribution in [2.75, 3.05) is 11.2 Å². The summed E-state index contributed by atoms with van der Waals surface area (Å²) in [5, 5.41) is 3.41. The molecular weight excluding hydrogens is 282 g/mol. The van der Waals surface area contributed by atoms with Crippen LogP contribution in [0, 0.1) is 0 Å². The maximum Gasteiger partial charge on any atom is 0.145 e. The maximum absolute atomic E-state index is 6.20. The molecule has 106 valence electrons. The Labute approximate surface area is 129 Å². The van der Waals surface area contributed by atoms with E-state index >= 15 is 0 Å². The highest BCUT2D eigenvalue weighted by atomic mass is 35.5. The molecule has 21 heavy (non-hydrogen) atoms. The first-order valence-electron chi connectivity index (χ1n) is 6.83. The highest BCUT2D eigenvalue weighted by Gasteiger charge is 2.25. The Morgan fingerprint density at radius 2 is 1.67 bits per heavy atom. The lowest BCUT2D eigenvalue weighted by atomic mass is 9.94.